The molecular formula is C13H15BrN4S. The number of hydrogen-bond acceptors (Lipinski definition) is 3. The van der Waals surface area contributed by atoms with E-state index in [9.17, 15) is 0 Å². The maximum absolute atomic E-state index is 5.61. The van der Waals surface area contributed by atoms with Crippen LogP contribution in [0.25, 0.3) is 0 Å². The lowest BCUT2D eigenvalue weighted by Crippen LogP contribution is -2.12. The van der Waals surface area contributed by atoms with Crippen molar-refractivity contribution in [2.75, 3.05) is 11.9 Å². The number of nitrogens with two attached hydrogens (primary N) is 1. The summed E-state index contributed by atoms with van der Waals surface area (Å²) in [6.45, 7) is 3.66. The molecule has 3 N–H and O–H groups in total. The molecule has 0 aliphatic rings. The minimum absolute atomic E-state index is 0.394. The predicted octanol–water partition coefficient (Wildman–Crippen LogP) is 2.70. The Morgan fingerprint density at radius 2 is 2.32 bits per heavy atom. The van der Waals surface area contributed by atoms with Crippen LogP contribution in [0.3, 0.4) is 0 Å². The number of aryl methyl sites for hydroxylation is 1. The number of rotatable bonds is 5. The van der Waals surface area contributed by atoms with Crippen molar-refractivity contribution in [1.29, 1.82) is 0 Å². The summed E-state index contributed by atoms with van der Waals surface area (Å²) in [6.07, 6.45) is 3.88. The molecule has 2 rings (SSSR count). The number of halogens is 1. The lowest BCUT2D eigenvalue weighted by Gasteiger charge is -2.09. The van der Waals surface area contributed by atoms with Crippen LogP contribution < -0.4 is 11.1 Å². The zero-order valence-electron chi connectivity index (χ0n) is 10.6. The Hall–Kier alpha value is -1.40. The minimum atomic E-state index is 0.394. The van der Waals surface area contributed by atoms with Crippen molar-refractivity contribution in [2.45, 2.75) is 13.5 Å². The van der Waals surface area contributed by atoms with Gasteiger partial charge < -0.3 is 11.1 Å². The van der Waals surface area contributed by atoms with E-state index in [1.54, 1.807) is 0 Å². The number of benzene rings is 1. The lowest BCUT2D eigenvalue weighted by molar-refractivity contribution is 0.637. The number of aromatic nitrogens is 2. The lowest BCUT2D eigenvalue weighted by atomic mass is 10.2. The fraction of sp³-hybridized carbons (Fsp3) is 0.231. The van der Waals surface area contributed by atoms with Gasteiger partial charge in [-0.3, -0.25) is 4.68 Å². The van der Waals surface area contributed by atoms with Crippen molar-refractivity contribution in [1.82, 2.24) is 9.78 Å². The summed E-state index contributed by atoms with van der Waals surface area (Å²) in [4.78, 5) is 0.394. The predicted molar refractivity (Wildman–Crippen MR) is 85.5 cm³/mol. The van der Waals surface area contributed by atoms with Crippen molar-refractivity contribution in [3.63, 3.8) is 0 Å². The third-order valence-electron chi connectivity index (χ3n) is 2.67. The maximum atomic E-state index is 5.61. The molecule has 0 amide bonds. The fourth-order valence-electron chi connectivity index (χ4n) is 1.73. The number of nitrogens with one attached hydrogen (secondary N) is 1. The Labute approximate surface area is 126 Å². The molecule has 1 heterocycles. The number of hydrogen-bond donors (Lipinski definition) is 2. The number of anilines is 1. The highest BCUT2D eigenvalue weighted by Crippen LogP contribution is 2.21. The number of thiocarbonyl (C=S) groups is 1. The van der Waals surface area contributed by atoms with E-state index in [1.165, 1.54) is 5.56 Å². The molecule has 0 radical (unpaired) electrons. The van der Waals surface area contributed by atoms with E-state index in [-0.39, 0.29) is 0 Å². The summed E-state index contributed by atoms with van der Waals surface area (Å²) < 4.78 is 2.82. The highest BCUT2D eigenvalue weighted by atomic mass is 79.9. The van der Waals surface area contributed by atoms with Crippen molar-refractivity contribution >= 4 is 38.8 Å². The first kappa shape index (κ1) is 14.0. The van der Waals surface area contributed by atoms with E-state index in [2.05, 4.69) is 26.3 Å². The average Bonchev–Trinajstić information content (AvgIpc) is 2.75. The Morgan fingerprint density at radius 3 is 2.89 bits per heavy atom. The fourth-order valence-corrected chi connectivity index (χ4v) is 2.63. The van der Waals surface area contributed by atoms with Gasteiger partial charge in [0.05, 0.1) is 12.7 Å². The largest absolute Gasteiger partial charge is 0.389 e. The van der Waals surface area contributed by atoms with E-state index in [0.717, 1.165) is 28.8 Å². The zero-order chi connectivity index (χ0) is 13.8. The van der Waals surface area contributed by atoms with Gasteiger partial charge in [-0.15, -0.1) is 0 Å². The molecule has 6 heteroatoms. The van der Waals surface area contributed by atoms with Crippen LogP contribution >= 0.6 is 28.1 Å². The standard InChI is InChI=1S/C13H15BrN4S/c1-9-7-17-18(8-9)5-4-16-10-2-3-11(13(15)19)12(14)6-10/h2-3,6-8,16H,4-5H2,1H3,(H2,15,19). The highest BCUT2D eigenvalue weighted by Gasteiger charge is 2.03. The van der Waals surface area contributed by atoms with E-state index in [0.29, 0.717) is 4.99 Å². The smallest absolute Gasteiger partial charge is 0.105 e. The van der Waals surface area contributed by atoms with Gasteiger partial charge in [0.25, 0.3) is 0 Å². The molecule has 0 saturated heterocycles. The van der Waals surface area contributed by atoms with Crippen LogP contribution in [0.5, 0.6) is 0 Å². The normalized spacial score (nSPS) is 10.4. The molecular weight excluding hydrogens is 324 g/mol. The van der Waals surface area contributed by atoms with Gasteiger partial charge in [-0.05, 0) is 46.6 Å². The van der Waals surface area contributed by atoms with E-state index >= 15 is 0 Å². The summed E-state index contributed by atoms with van der Waals surface area (Å²) in [7, 11) is 0. The van der Waals surface area contributed by atoms with Crippen LogP contribution in [-0.2, 0) is 6.54 Å². The minimum Gasteiger partial charge on any atom is -0.389 e. The van der Waals surface area contributed by atoms with Crippen molar-refractivity contribution in [3.05, 3.63) is 46.2 Å². The molecule has 1 aromatic heterocycles. The van der Waals surface area contributed by atoms with Gasteiger partial charge in [-0.1, -0.05) is 12.2 Å². The molecule has 100 valence electrons. The van der Waals surface area contributed by atoms with Crippen LogP contribution in [-0.4, -0.2) is 21.3 Å². The summed E-state index contributed by atoms with van der Waals surface area (Å²) in [5, 5.41) is 7.57. The van der Waals surface area contributed by atoms with E-state index < -0.39 is 0 Å². The van der Waals surface area contributed by atoms with Crippen molar-refractivity contribution in [2.24, 2.45) is 5.73 Å². The SMILES string of the molecule is Cc1cnn(CCNc2ccc(C(N)=S)c(Br)c2)c1. The molecule has 19 heavy (non-hydrogen) atoms. The molecule has 4 nitrogen and oxygen atoms in total. The molecule has 0 saturated carbocycles. The number of nitrogens with zero attached hydrogens (tertiary/aromatic N) is 2. The molecule has 0 spiro atoms. The third kappa shape index (κ3) is 3.78. The van der Waals surface area contributed by atoms with Crippen LogP contribution in [0.2, 0.25) is 0 Å². The van der Waals surface area contributed by atoms with Crippen molar-refractivity contribution in [3.8, 4) is 0 Å². The highest BCUT2D eigenvalue weighted by molar-refractivity contribution is 9.10. The third-order valence-corrected chi connectivity index (χ3v) is 3.54. The summed E-state index contributed by atoms with van der Waals surface area (Å²) >= 11 is 8.43. The molecule has 0 bridgehead atoms. The van der Waals surface area contributed by atoms with Crippen LogP contribution in [0.15, 0.2) is 35.1 Å². The first-order valence-electron chi connectivity index (χ1n) is 5.88. The summed E-state index contributed by atoms with van der Waals surface area (Å²) in [5.74, 6) is 0. The summed E-state index contributed by atoms with van der Waals surface area (Å²) in [6, 6.07) is 5.85. The molecule has 1 aromatic carbocycles. The van der Waals surface area contributed by atoms with Gasteiger partial charge in [-0.25, -0.2) is 0 Å². The second-order valence-electron chi connectivity index (χ2n) is 4.27. The molecule has 0 fully saturated rings. The van der Waals surface area contributed by atoms with Crippen LogP contribution in [0.4, 0.5) is 5.69 Å². The average molecular weight is 339 g/mol. The monoisotopic (exact) mass is 338 g/mol. The molecule has 0 aliphatic heterocycles. The topological polar surface area (TPSA) is 55.9 Å². The Morgan fingerprint density at radius 1 is 1.53 bits per heavy atom. The quantitative estimate of drug-likeness (QED) is 0.823. The van der Waals surface area contributed by atoms with Gasteiger partial charge in [0.2, 0.25) is 0 Å². The molecule has 0 unspecified atom stereocenters. The zero-order valence-corrected chi connectivity index (χ0v) is 13.0. The Kier molecular flexibility index (Phi) is 4.55. The van der Waals surface area contributed by atoms with Crippen molar-refractivity contribution < 1.29 is 0 Å². The molecule has 2 aromatic rings. The summed E-state index contributed by atoms with van der Waals surface area (Å²) in [5.41, 5.74) is 8.66. The second kappa shape index (κ2) is 6.16. The second-order valence-corrected chi connectivity index (χ2v) is 5.56. The Balaban J connectivity index is 1.93. The Bertz CT molecular complexity index is 594. The van der Waals surface area contributed by atoms with E-state index in [4.69, 9.17) is 18.0 Å². The molecule has 0 aliphatic carbocycles. The van der Waals surface area contributed by atoms with Crippen LogP contribution in [0.1, 0.15) is 11.1 Å². The first-order chi connectivity index (χ1) is 9.06. The van der Waals surface area contributed by atoms with Gasteiger partial charge >= 0.3 is 0 Å². The maximum Gasteiger partial charge on any atom is 0.105 e. The van der Waals surface area contributed by atoms with Gasteiger partial charge in [0, 0.05) is 28.5 Å². The van der Waals surface area contributed by atoms with Crippen LogP contribution in [0, 0.1) is 6.92 Å². The van der Waals surface area contributed by atoms with Gasteiger partial charge in [0.15, 0.2) is 0 Å². The molecule has 0 atom stereocenters. The van der Waals surface area contributed by atoms with Gasteiger partial charge in [-0.2, -0.15) is 5.10 Å². The van der Waals surface area contributed by atoms with Gasteiger partial charge in [0.1, 0.15) is 4.99 Å². The van der Waals surface area contributed by atoms with E-state index in [1.807, 2.05) is 42.2 Å². The first-order valence-corrected chi connectivity index (χ1v) is 7.08.